The van der Waals surface area contributed by atoms with E-state index >= 15 is 0 Å². The molecular weight excluding hydrogens is 278 g/mol. The highest BCUT2D eigenvalue weighted by molar-refractivity contribution is 7.16. The van der Waals surface area contributed by atoms with Crippen molar-refractivity contribution in [1.82, 2.24) is 4.98 Å². The average Bonchev–Trinajstić information content (AvgIpc) is 2.74. The topological polar surface area (TPSA) is 100.0 Å². The van der Waals surface area contributed by atoms with E-state index in [4.69, 9.17) is 10.3 Å². The normalized spacial score (nSPS) is 9.95. The van der Waals surface area contributed by atoms with Gasteiger partial charge >= 0.3 is 6.09 Å². The van der Waals surface area contributed by atoms with Crippen LogP contribution in [0.25, 0.3) is 10.4 Å². The van der Waals surface area contributed by atoms with Crippen LogP contribution in [0.15, 0.2) is 11.3 Å². The molecule has 106 valence electrons. The summed E-state index contributed by atoms with van der Waals surface area (Å²) in [5.41, 5.74) is 7.55. The van der Waals surface area contributed by atoms with Crippen molar-refractivity contribution in [3.05, 3.63) is 21.5 Å². The Bertz CT molecular complexity index is 573. The number of anilines is 1. The van der Waals surface area contributed by atoms with E-state index in [-0.39, 0.29) is 0 Å². The Morgan fingerprint density at radius 2 is 2.40 bits per heavy atom. The highest BCUT2D eigenvalue weighted by Crippen LogP contribution is 2.18. The second-order valence-electron chi connectivity index (χ2n) is 4.66. The fourth-order valence-corrected chi connectivity index (χ4v) is 1.76. The van der Waals surface area contributed by atoms with Gasteiger partial charge in [-0.25, -0.2) is 9.78 Å². The van der Waals surface area contributed by atoms with E-state index in [9.17, 15) is 4.79 Å². The third-order valence-electron chi connectivity index (χ3n) is 1.73. The molecule has 0 spiro atoms. The molecule has 20 heavy (non-hydrogen) atoms. The molecule has 0 saturated heterocycles. The van der Waals surface area contributed by atoms with Crippen molar-refractivity contribution in [2.45, 2.75) is 32.8 Å². The first-order valence-corrected chi connectivity index (χ1v) is 6.68. The maximum atomic E-state index is 11.5. The van der Waals surface area contributed by atoms with E-state index in [0.717, 1.165) is 4.88 Å². The molecule has 1 N–H and O–H groups in total. The monoisotopic (exact) mass is 293 g/mol. The number of nitrogens with one attached hydrogen (secondary N) is 1. The number of carbonyl (C=O) groups is 1. The van der Waals surface area contributed by atoms with E-state index in [1.807, 2.05) is 0 Å². The largest absolute Gasteiger partial charge is 0.444 e. The van der Waals surface area contributed by atoms with E-state index in [0.29, 0.717) is 18.1 Å². The number of rotatable bonds is 3. The Morgan fingerprint density at radius 1 is 1.65 bits per heavy atom. The Kier molecular flexibility index (Phi) is 5.84. The number of hydrogen-bond acceptors (Lipinski definition) is 5. The molecule has 0 aliphatic carbocycles. The number of aromatic nitrogens is 1. The van der Waals surface area contributed by atoms with E-state index in [1.165, 1.54) is 11.3 Å². The summed E-state index contributed by atoms with van der Waals surface area (Å²) in [6.45, 7) is 5.70. The Hall–Kier alpha value is -2.23. The van der Waals surface area contributed by atoms with Gasteiger partial charge in [0, 0.05) is 17.9 Å². The Balaban J connectivity index is 2.51. The molecule has 1 aromatic rings. The van der Waals surface area contributed by atoms with E-state index in [2.05, 4.69) is 32.2 Å². The summed E-state index contributed by atoms with van der Waals surface area (Å²) in [5.74, 6) is 5.73. The molecule has 0 aromatic carbocycles. The van der Waals surface area contributed by atoms with Gasteiger partial charge < -0.3 is 4.74 Å². The van der Waals surface area contributed by atoms with Crippen LogP contribution in [0.2, 0.25) is 0 Å². The molecule has 1 aromatic heterocycles. The quantitative estimate of drug-likeness (QED) is 0.303. The molecule has 0 saturated carbocycles. The third kappa shape index (κ3) is 6.64. The van der Waals surface area contributed by atoms with Crippen molar-refractivity contribution < 1.29 is 9.53 Å². The summed E-state index contributed by atoms with van der Waals surface area (Å²) in [5, 5.41) is 6.34. The molecule has 1 amide bonds. The van der Waals surface area contributed by atoms with E-state index in [1.54, 1.807) is 27.0 Å². The summed E-state index contributed by atoms with van der Waals surface area (Å²) in [6.07, 6.45) is 1.50. The lowest BCUT2D eigenvalue weighted by Crippen LogP contribution is -2.27. The lowest BCUT2D eigenvalue weighted by Gasteiger charge is -2.18. The number of azide groups is 1. The SMILES string of the molecule is CC(C)(C)OC(=O)Nc1ncc(C#CCCN=[N+]=[N-])s1. The molecule has 7 nitrogen and oxygen atoms in total. The number of carbonyl (C=O) groups excluding carboxylic acids is 1. The fraction of sp³-hybridized carbons (Fsp3) is 0.500. The van der Waals surface area contributed by atoms with Gasteiger partial charge in [0.25, 0.3) is 0 Å². The molecule has 0 aliphatic heterocycles. The molecule has 0 unspecified atom stereocenters. The van der Waals surface area contributed by atoms with Crippen LogP contribution in [0.1, 0.15) is 32.1 Å². The third-order valence-corrected chi connectivity index (χ3v) is 2.55. The lowest BCUT2D eigenvalue weighted by atomic mass is 10.2. The highest BCUT2D eigenvalue weighted by atomic mass is 32.1. The van der Waals surface area contributed by atoms with Crippen molar-refractivity contribution in [2.75, 3.05) is 11.9 Å². The smallest absolute Gasteiger partial charge is 0.413 e. The van der Waals surface area contributed by atoms with Crippen LogP contribution in [0.5, 0.6) is 0 Å². The molecule has 1 heterocycles. The Labute approximate surface area is 121 Å². The summed E-state index contributed by atoms with van der Waals surface area (Å²) in [7, 11) is 0. The predicted octanol–water partition coefficient (Wildman–Crippen LogP) is 3.54. The minimum absolute atomic E-state index is 0.339. The number of amides is 1. The first kappa shape index (κ1) is 15.8. The van der Waals surface area contributed by atoms with Crippen LogP contribution in [0.4, 0.5) is 9.93 Å². The van der Waals surface area contributed by atoms with Crippen LogP contribution in [0.3, 0.4) is 0 Å². The van der Waals surface area contributed by atoms with Crippen molar-refractivity contribution in [3.63, 3.8) is 0 Å². The van der Waals surface area contributed by atoms with E-state index < -0.39 is 11.7 Å². The van der Waals surface area contributed by atoms with Crippen LogP contribution < -0.4 is 5.32 Å². The van der Waals surface area contributed by atoms with Crippen LogP contribution in [-0.4, -0.2) is 23.2 Å². The van der Waals surface area contributed by atoms with Gasteiger partial charge in [0.1, 0.15) is 5.60 Å². The molecule has 0 fully saturated rings. The molecular formula is C12H15N5O2S. The van der Waals surface area contributed by atoms with Crippen molar-refractivity contribution in [3.8, 4) is 11.8 Å². The van der Waals surface area contributed by atoms with Crippen molar-refractivity contribution >= 4 is 22.6 Å². The molecule has 0 aliphatic rings. The van der Waals surface area contributed by atoms with Gasteiger partial charge in [-0.05, 0) is 26.3 Å². The highest BCUT2D eigenvalue weighted by Gasteiger charge is 2.17. The zero-order chi connectivity index (χ0) is 15.0. The minimum Gasteiger partial charge on any atom is -0.444 e. The zero-order valence-electron chi connectivity index (χ0n) is 11.5. The summed E-state index contributed by atoms with van der Waals surface area (Å²) < 4.78 is 5.11. The number of nitrogens with zero attached hydrogens (tertiary/aromatic N) is 4. The first-order chi connectivity index (χ1) is 9.40. The zero-order valence-corrected chi connectivity index (χ0v) is 12.3. The maximum absolute atomic E-state index is 11.5. The van der Waals surface area contributed by atoms with Gasteiger partial charge in [-0.15, -0.1) is 0 Å². The second kappa shape index (κ2) is 7.38. The molecule has 8 heteroatoms. The van der Waals surface area contributed by atoms with Gasteiger partial charge in [-0.3, -0.25) is 5.32 Å². The van der Waals surface area contributed by atoms with Gasteiger partial charge in [0.2, 0.25) is 0 Å². The number of hydrogen-bond donors (Lipinski definition) is 1. The van der Waals surface area contributed by atoms with Gasteiger partial charge in [0.05, 0.1) is 11.1 Å². The molecule has 0 radical (unpaired) electrons. The van der Waals surface area contributed by atoms with Crippen LogP contribution in [0, 0.1) is 11.8 Å². The summed E-state index contributed by atoms with van der Waals surface area (Å²) in [4.78, 5) is 18.9. The molecule has 0 bridgehead atoms. The second-order valence-corrected chi connectivity index (χ2v) is 5.69. The van der Waals surface area contributed by atoms with Crippen LogP contribution in [-0.2, 0) is 4.74 Å². The fourth-order valence-electron chi connectivity index (χ4n) is 1.08. The van der Waals surface area contributed by atoms with Crippen molar-refractivity contribution in [2.24, 2.45) is 5.11 Å². The van der Waals surface area contributed by atoms with Crippen LogP contribution >= 0.6 is 11.3 Å². The first-order valence-electron chi connectivity index (χ1n) is 5.86. The van der Waals surface area contributed by atoms with Gasteiger partial charge in [0.15, 0.2) is 5.13 Å². The van der Waals surface area contributed by atoms with Crippen molar-refractivity contribution in [1.29, 1.82) is 0 Å². The maximum Gasteiger partial charge on any atom is 0.413 e. The van der Waals surface area contributed by atoms with Gasteiger partial charge in [-0.1, -0.05) is 28.3 Å². The minimum atomic E-state index is -0.550. The Morgan fingerprint density at radius 3 is 3.05 bits per heavy atom. The predicted molar refractivity (Wildman–Crippen MR) is 77.5 cm³/mol. The number of thiazole rings is 1. The summed E-state index contributed by atoms with van der Waals surface area (Å²) in [6, 6.07) is 0. The standard InChI is InChI=1S/C12H15N5O2S/c1-12(2,3)19-11(18)16-10-14-8-9(20-10)6-4-5-7-15-17-13/h8H,5,7H2,1-3H3,(H,14,16,18). The summed E-state index contributed by atoms with van der Waals surface area (Å²) >= 11 is 1.25. The van der Waals surface area contributed by atoms with Gasteiger partial charge in [-0.2, -0.15) is 0 Å². The molecule has 0 atom stereocenters. The lowest BCUT2D eigenvalue weighted by molar-refractivity contribution is 0.0636. The number of ether oxygens (including phenoxy) is 1. The molecule has 1 rings (SSSR count). The average molecular weight is 293 g/mol.